The van der Waals surface area contributed by atoms with E-state index in [0.29, 0.717) is 17.9 Å². The molecule has 6 nitrogen and oxygen atoms in total. The van der Waals surface area contributed by atoms with E-state index in [1.807, 2.05) is 82.0 Å². The van der Waals surface area contributed by atoms with Crippen LogP contribution in [0, 0.1) is 0 Å². The maximum absolute atomic E-state index is 13.2. The van der Waals surface area contributed by atoms with Gasteiger partial charge in [-0.05, 0) is 65.7 Å². The first-order chi connectivity index (χ1) is 14.2. The van der Waals surface area contributed by atoms with Crippen LogP contribution in [-0.4, -0.2) is 40.1 Å². The molecule has 0 aliphatic carbocycles. The van der Waals surface area contributed by atoms with Crippen LogP contribution in [0.2, 0.25) is 0 Å². The SMILES string of the molecule is CC(C)N(C(=O)OC(C)(C)C)c1ncccc1[C@@H]1CCCN1C(=O)c1ccccc1. The Morgan fingerprint density at radius 2 is 1.83 bits per heavy atom. The van der Waals surface area contributed by atoms with Crippen molar-refractivity contribution in [2.24, 2.45) is 0 Å². The van der Waals surface area contributed by atoms with Gasteiger partial charge in [-0.2, -0.15) is 0 Å². The van der Waals surface area contributed by atoms with Gasteiger partial charge in [-0.1, -0.05) is 24.3 Å². The van der Waals surface area contributed by atoms with Crippen LogP contribution in [0.15, 0.2) is 48.7 Å². The van der Waals surface area contributed by atoms with E-state index in [2.05, 4.69) is 4.98 Å². The van der Waals surface area contributed by atoms with Gasteiger partial charge in [0.15, 0.2) is 0 Å². The minimum Gasteiger partial charge on any atom is -0.443 e. The number of ether oxygens (including phenoxy) is 1. The number of carbonyl (C=O) groups excluding carboxylic acids is 2. The number of aromatic nitrogens is 1. The molecule has 2 amide bonds. The van der Waals surface area contributed by atoms with Crippen molar-refractivity contribution in [3.05, 3.63) is 59.8 Å². The lowest BCUT2D eigenvalue weighted by Gasteiger charge is -2.33. The predicted octanol–water partition coefficient (Wildman–Crippen LogP) is 5.21. The molecule has 0 unspecified atom stereocenters. The summed E-state index contributed by atoms with van der Waals surface area (Å²) in [6, 6.07) is 12.9. The van der Waals surface area contributed by atoms with Gasteiger partial charge in [-0.3, -0.25) is 9.69 Å². The summed E-state index contributed by atoms with van der Waals surface area (Å²) < 4.78 is 5.64. The second-order valence-electron chi connectivity index (χ2n) is 8.88. The van der Waals surface area contributed by atoms with E-state index in [1.54, 1.807) is 11.1 Å². The molecule has 6 heteroatoms. The Labute approximate surface area is 178 Å². The van der Waals surface area contributed by atoms with Crippen molar-refractivity contribution in [2.75, 3.05) is 11.4 Å². The van der Waals surface area contributed by atoms with Crippen molar-refractivity contribution in [2.45, 2.75) is 65.1 Å². The zero-order chi connectivity index (χ0) is 21.9. The van der Waals surface area contributed by atoms with Crippen molar-refractivity contribution >= 4 is 17.8 Å². The van der Waals surface area contributed by atoms with Crippen molar-refractivity contribution in [3.63, 3.8) is 0 Å². The zero-order valence-corrected chi connectivity index (χ0v) is 18.5. The molecular weight excluding hydrogens is 378 g/mol. The number of amides is 2. The third-order valence-electron chi connectivity index (χ3n) is 5.05. The minimum atomic E-state index is -0.609. The molecule has 1 atom stereocenters. The summed E-state index contributed by atoms with van der Waals surface area (Å²) >= 11 is 0. The summed E-state index contributed by atoms with van der Waals surface area (Å²) in [5.74, 6) is 0.556. The number of benzene rings is 1. The topological polar surface area (TPSA) is 62.7 Å². The lowest BCUT2D eigenvalue weighted by atomic mass is 10.0. The Morgan fingerprint density at radius 3 is 2.47 bits per heavy atom. The summed E-state index contributed by atoms with van der Waals surface area (Å²) in [5, 5.41) is 0. The molecule has 1 aliphatic rings. The van der Waals surface area contributed by atoms with Gasteiger partial charge >= 0.3 is 6.09 Å². The zero-order valence-electron chi connectivity index (χ0n) is 18.5. The highest BCUT2D eigenvalue weighted by atomic mass is 16.6. The van der Waals surface area contributed by atoms with Gasteiger partial charge in [0.1, 0.15) is 11.4 Å². The lowest BCUT2D eigenvalue weighted by molar-refractivity contribution is 0.0568. The Hall–Kier alpha value is -2.89. The summed E-state index contributed by atoms with van der Waals surface area (Å²) in [6.45, 7) is 10.1. The van der Waals surface area contributed by atoms with Crippen molar-refractivity contribution < 1.29 is 14.3 Å². The van der Waals surface area contributed by atoms with Gasteiger partial charge in [0, 0.05) is 29.9 Å². The summed E-state index contributed by atoms with van der Waals surface area (Å²) in [4.78, 5) is 34.2. The smallest absolute Gasteiger partial charge is 0.416 e. The molecule has 0 N–H and O–H groups in total. The molecule has 160 valence electrons. The fourth-order valence-corrected chi connectivity index (χ4v) is 3.80. The van der Waals surface area contributed by atoms with E-state index in [-0.39, 0.29) is 18.0 Å². The average Bonchev–Trinajstić information content (AvgIpc) is 3.16. The quantitative estimate of drug-likeness (QED) is 0.695. The maximum atomic E-state index is 13.2. The molecule has 1 fully saturated rings. The highest BCUT2D eigenvalue weighted by Gasteiger charge is 2.35. The predicted molar refractivity (Wildman–Crippen MR) is 118 cm³/mol. The largest absolute Gasteiger partial charge is 0.443 e. The van der Waals surface area contributed by atoms with E-state index in [1.165, 1.54) is 0 Å². The minimum absolute atomic E-state index is 0.00117. The van der Waals surface area contributed by atoms with Crippen LogP contribution in [0.3, 0.4) is 0 Å². The molecule has 0 bridgehead atoms. The molecule has 2 heterocycles. The van der Waals surface area contributed by atoms with Gasteiger partial charge in [-0.25, -0.2) is 9.78 Å². The highest BCUT2D eigenvalue weighted by Crippen LogP contribution is 2.38. The van der Waals surface area contributed by atoms with E-state index < -0.39 is 11.7 Å². The molecule has 3 rings (SSSR count). The number of rotatable bonds is 4. The van der Waals surface area contributed by atoms with E-state index in [0.717, 1.165) is 18.4 Å². The van der Waals surface area contributed by atoms with Gasteiger partial charge in [0.2, 0.25) is 0 Å². The Bertz CT molecular complexity index is 890. The second-order valence-corrected chi connectivity index (χ2v) is 8.88. The number of hydrogen-bond donors (Lipinski definition) is 0. The van der Waals surface area contributed by atoms with Crippen LogP contribution in [0.5, 0.6) is 0 Å². The third-order valence-corrected chi connectivity index (χ3v) is 5.05. The standard InChI is InChI=1S/C24H31N3O3/c1-17(2)27(23(29)30-24(3,4)5)21-19(13-9-15-25-21)20-14-10-16-26(20)22(28)18-11-7-6-8-12-18/h6-9,11-13,15,17,20H,10,14,16H2,1-5H3/t20-/m0/s1. The Morgan fingerprint density at radius 1 is 1.13 bits per heavy atom. The van der Waals surface area contributed by atoms with E-state index in [9.17, 15) is 9.59 Å². The van der Waals surface area contributed by atoms with E-state index >= 15 is 0 Å². The first-order valence-corrected chi connectivity index (χ1v) is 10.5. The molecule has 0 radical (unpaired) electrons. The molecule has 0 saturated carbocycles. The number of hydrogen-bond acceptors (Lipinski definition) is 4. The maximum Gasteiger partial charge on any atom is 0.416 e. The summed E-state index contributed by atoms with van der Waals surface area (Å²) in [5.41, 5.74) is 0.934. The van der Waals surface area contributed by atoms with Gasteiger partial charge in [0.25, 0.3) is 5.91 Å². The van der Waals surface area contributed by atoms with Crippen LogP contribution in [0.1, 0.15) is 69.4 Å². The number of carbonyl (C=O) groups is 2. The molecule has 1 aromatic heterocycles. The van der Waals surface area contributed by atoms with Crippen LogP contribution in [0.25, 0.3) is 0 Å². The van der Waals surface area contributed by atoms with Gasteiger partial charge < -0.3 is 9.64 Å². The van der Waals surface area contributed by atoms with Crippen LogP contribution in [0.4, 0.5) is 10.6 Å². The first-order valence-electron chi connectivity index (χ1n) is 10.5. The highest BCUT2D eigenvalue weighted by molar-refractivity contribution is 5.95. The molecule has 30 heavy (non-hydrogen) atoms. The normalized spacial score (nSPS) is 16.6. The number of likely N-dealkylation sites (tertiary alicyclic amines) is 1. The van der Waals surface area contributed by atoms with Crippen LogP contribution < -0.4 is 4.90 Å². The monoisotopic (exact) mass is 409 g/mol. The van der Waals surface area contributed by atoms with Crippen molar-refractivity contribution in [1.82, 2.24) is 9.88 Å². The van der Waals surface area contributed by atoms with E-state index in [4.69, 9.17) is 4.74 Å². The lowest BCUT2D eigenvalue weighted by Crippen LogP contribution is -2.42. The van der Waals surface area contributed by atoms with Crippen molar-refractivity contribution in [3.8, 4) is 0 Å². The summed E-state index contributed by atoms with van der Waals surface area (Å²) in [6.07, 6.45) is 2.98. The molecule has 2 aromatic rings. The van der Waals surface area contributed by atoms with Crippen LogP contribution >= 0.6 is 0 Å². The van der Waals surface area contributed by atoms with Crippen LogP contribution in [-0.2, 0) is 4.74 Å². The van der Waals surface area contributed by atoms with Crippen molar-refractivity contribution in [1.29, 1.82) is 0 Å². The third kappa shape index (κ3) is 4.81. The fraction of sp³-hybridized carbons (Fsp3) is 0.458. The first kappa shape index (κ1) is 21.8. The average molecular weight is 410 g/mol. The second kappa shape index (κ2) is 8.86. The molecule has 1 aromatic carbocycles. The number of pyridine rings is 1. The summed E-state index contributed by atoms with van der Waals surface area (Å²) in [7, 11) is 0. The Balaban J connectivity index is 1.97. The number of anilines is 1. The van der Waals surface area contributed by atoms with Gasteiger partial charge in [0.05, 0.1) is 6.04 Å². The Kier molecular flexibility index (Phi) is 6.44. The van der Waals surface area contributed by atoms with Gasteiger partial charge in [-0.15, -0.1) is 0 Å². The molecule has 1 aliphatic heterocycles. The molecule has 1 saturated heterocycles. The molecule has 0 spiro atoms. The fourth-order valence-electron chi connectivity index (χ4n) is 3.80. The number of nitrogens with zero attached hydrogens (tertiary/aromatic N) is 3. The molecular formula is C24H31N3O3.